The minimum Gasteiger partial charge on any atom is -0.398 e. The maximum absolute atomic E-state index is 11.7. The van der Waals surface area contributed by atoms with Gasteiger partial charge in [-0.2, -0.15) is 0 Å². The Hall–Kier alpha value is -1.55. The van der Waals surface area contributed by atoms with Crippen LogP contribution < -0.4 is 11.1 Å². The molecule has 1 atom stereocenters. The third-order valence-electron chi connectivity index (χ3n) is 2.77. The second-order valence-corrected chi connectivity index (χ2v) is 4.06. The van der Waals surface area contributed by atoms with Gasteiger partial charge in [0.1, 0.15) is 6.10 Å². The highest BCUT2D eigenvalue weighted by atomic mass is 16.5. The molecule has 0 aromatic heterocycles. The second-order valence-electron chi connectivity index (χ2n) is 4.06. The van der Waals surface area contributed by atoms with Crippen molar-refractivity contribution in [3.63, 3.8) is 0 Å². The van der Waals surface area contributed by atoms with Crippen LogP contribution in [0.1, 0.15) is 18.4 Å². The lowest BCUT2D eigenvalue weighted by molar-refractivity contribution is -0.124. The Morgan fingerprint density at radius 1 is 1.56 bits per heavy atom. The molecule has 1 aliphatic rings. The quantitative estimate of drug-likeness (QED) is 0.745. The number of hydrogen-bond donors (Lipinski definition) is 2. The van der Waals surface area contributed by atoms with E-state index in [1.54, 1.807) is 6.07 Å². The van der Waals surface area contributed by atoms with Gasteiger partial charge >= 0.3 is 0 Å². The van der Waals surface area contributed by atoms with Crippen LogP contribution in [0.5, 0.6) is 0 Å². The monoisotopic (exact) mass is 220 g/mol. The first-order valence-electron chi connectivity index (χ1n) is 5.45. The Kier molecular flexibility index (Phi) is 3.10. The highest BCUT2D eigenvalue weighted by molar-refractivity contribution is 5.94. The fourth-order valence-corrected chi connectivity index (χ4v) is 1.73. The first-order chi connectivity index (χ1) is 7.66. The molecule has 4 nitrogen and oxygen atoms in total. The van der Waals surface area contributed by atoms with E-state index in [9.17, 15) is 4.79 Å². The normalized spacial score (nSPS) is 19.7. The average molecular weight is 220 g/mol. The zero-order valence-corrected chi connectivity index (χ0v) is 9.32. The van der Waals surface area contributed by atoms with E-state index in [0.29, 0.717) is 12.3 Å². The van der Waals surface area contributed by atoms with Crippen LogP contribution in [0, 0.1) is 6.92 Å². The molecule has 1 aliphatic heterocycles. The van der Waals surface area contributed by atoms with Crippen molar-refractivity contribution in [2.24, 2.45) is 0 Å². The first kappa shape index (κ1) is 11.0. The van der Waals surface area contributed by atoms with Crippen LogP contribution in [0.4, 0.5) is 11.4 Å². The summed E-state index contributed by atoms with van der Waals surface area (Å²) < 4.78 is 5.30. The van der Waals surface area contributed by atoms with Crippen molar-refractivity contribution < 1.29 is 9.53 Å². The van der Waals surface area contributed by atoms with Gasteiger partial charge in [0, 0.05) is 18.0 Å². The zero-order valence-electron chi connectivity index (χ0n) is 9.32. The predicted molar refractivity (Wildman–Crippen MR) is 63.2 cm³/mol. The van der Waals surface area contributed by atoms with Crippen LogP contribution in [-0.4, -0.2) is 18.6 Å². The molecule has 4 heteroatoms. The number of anilines is 2. The van der Waals surface area contributed by atoms with Gasteiger partial charge in [-0.05, 0) is 37.5 Å². The summed E-state index contributed by atoms with van der Waals surface area (Å²) in [4.78, 5) is 11.7. The molecule has 1 aromatic carbocycles. The molecule has 1 saturated heterocycles. The molecule has 1 aromatic rings. The smallest absolute Gasteiger partial charge is 0.253 e. The molecule has 0 bridgehead atoms. The Balaban J connectivity index is 2.02. The number of hydrogen-bond acceptors (Lipinski definition) is 3. The van der Waals surface area contributed by atoms with E-state index in [1.807, 2.05) is 19.1 Å². The molecule has 0 aliphatic carbocycles. The third-order valence-corrected chi connectivity index (χ3v) is 2.77. The number of ether oxygens (including phenoxy) is 1. The summed E-state index contributed by atoms with van der Waals surface area (Å²) in [5.41, 5.74) is 8.19. The first-order valence-corrected chi connectivity index (χ1v) is 5.45. The topological polar surface area (TPSA) is 64.3 Å². The van der Waals surface area contributed by atoms with E-state index < -0.39 is 0 Å². The Bertz CT molecular complexity index is 398. The van der Waals surface area contributed by atoms with E-state index in [4.69, 9.17) is 10.5 Å². The summed E-state index contributed by atoms with van der Waals surface area (Å²) in [7, 11) is 0. The summed E-state index contributed by atoms with van der Waals surface area (Å²) in [6.07, 6.45) is 1.45. The second kappa shape index (κ2) is 4.53. The maximum atomic E-state index is 11.7. The molecular weight excluding hydrogens is 204 g/mol. The maximum Gasteiger partial charge on any atom is 0.253 e. The minimum absolute atomic E-state index is 0.0826. The number of aryl methyl sites for hydroxylation is 1. The van der Waals surface area contributed by atoms with E-state index in [2.05, 4.69) is 5.32 Å². The van der Waals surface area contributed by atoms with Crippen LogP contribution in [0.25, 0.3) is 0 Å². The standard InChI is InChI=1S/C12H16N2O2/c1-8-4-5-9(7-10(8)13)14-12(15)11-3-2-6-16-11/h4-5,7,11H,2-3,6,13H2,1H3,(H,14,15)/t11-/m1/s1. The summed E-state index contributed by atoms with van der Waals surface area (Å²) >= 11 is 0. The molecule has 86 valence electrons. The predicted octanol–water partition coefficient (Wildman–Crippen LogP) is 1.69. The number of nitrogens with two attached hydrogens (primary N) is 1. The van der Waals surface area contributed by atoms with Crippen molar-refractivity contribution in [1.82, 2.24) is 0 Å². The highest BCUT2D eigenvalue weighted by Crippen LogP contribution is 2.19. The summed E-state index contributed by atoms with van der Waals surface area (Å²) in [5.74, 6) is -0.0826. The average Bonchev–Trinajstić information content (AvgIpc) is 2.77. The fraction of sp³-hybridized carbons (Fsp3) is 0.417. The number of carbonyl (C=O) groups excluding carboxylic acids is 1. The van der Waals surface area contributed by atoms with Gasteiger partial charge in [0.2, 0.25) is 0 Å². The van der Waals surface area contributed by atoms with Gasteiger partial charge in [0.05, 0.1) is 0 Å². The Labute approximate surface area is 94.8 Å². The molecule has 0 spiro atoms. The Morgan fingerprint density at radius 3 is 3.00 bits per heavy atom. The van der Waals surface area contributed by atoms with Crippen LogP contribution in [-0.2, 0) is 9.53 Å². The zero-order chi connectivity index (χ0) is 11.5. The van der Waals surface area contributed by atoms with Crippen molar-refractivity contribution >= 4 is 17.3 Å². The number of nitrogens with one attached hydrogen (secondary N) is 1. The van der Waals surface area contributed by atoms with E-state index >= 15 is 0 Å². The number of benzene rings is 1. The molecule has 0 radical (unpaired) electrons. The van der Waals surface area contributed by atoms with Gasteiger partial charge in [-0.1, -0.05) is 6.07 Å². The van der Waals surface area contributed by atoms with Gasteiger partial charge in [-0.25, -0.2) is 0 Å². The van der Waals surface area contributed by atoms with E-state index in [1.165, 1.54) is 0 Å². The lowest BCUT2D eigenvalue weighted by Gasteiger charge is -2.11. The molecule has 3 N–H and O–H groups in total. The lowest BCUT2D eigenvalue weighted by atomic mass is 10.1. The molecular formula is C12H16N2O2. The molecule has 1 fully saturated rings. The van der Waals surface area contributed by atoms with Crippen LogP contribution in [0.2, 0.25) is 0 Å². The number of carbonyl (C=O) groups is 1. The largest absolute Gasteiger partial charge is 0.398 e. The van der Waals surface area contributed by atoms with Crippen molar-refractivity contribution in [3.8, 4) is 0 Å². The number of rotatable bonds is 2. The van der Waals surface area contributed by atoms with E-state index in [-0.39, 0.29) is 12.0 Å². The highest BCUT2D eigenvalue weighted by Gasteiger charge is 2.23. The molecule has 1 heterocycles. The van der Waals surface area contributed by atoms with Crippen LogP contribution in [0.3, 0.4) is 0 Å². The molecule has 2 rings (SSSR count). The third kappa shape index (κ3) is 2.33. The molecule has 1 amide bonds. The van der Waals surface area contributed by atoms with Gasteiger partial charge in [0.15, 0.2) is 0 Å². The van der Waals surface area contributed by atoms with Gasteiger partial charge in [0.25, 0.3) is 5.91 Å². The summed E-state index contributed by atoms with van der Waals surface area (Å²) in [6, 6.07) is 5.50. The van der Waals surface area contributed by atoms with Crippen molar-refractivity contribution in [3.05, 3.63) is 23.8 Å². The van der Waals surface area contributed by atoms with Crippen molar-refractivity contribution in [2.75, 3.05) is 17.7 Å². The summed E-state index contributed by atoms with van der Waals surface area (Å²) in [6.45, 7) is 2.61. The molecule has 0 saturated carbocycles. The minimum atomic E-state index is -0.303. The number of nitrogen functional groups attached to an aromatic ring is 1. The molecule has 0 unspecified atom stereocenters. The van der Waals surface area contributed by atoms with Gasteiger partial charge < -0.3 is 15.8 Å². The van der Waals surface area contributed by atoms with Gasteiger partial charge in [-0.15, -0.1) is 0 Å². The fourth-order valence-electron chi connectivity index (χ4n) is 1.73. The lowest BCUT2D eigenvalue weighted by Crippen LogP contribution is -2.26. The van der Waals surface area contributed by atoms with Crippen molar-refractivity contribution in [2.45, 2.75) is 25.9 Å². The SMILES string of the molecule is Cc1ccc(NC(=O)[C@H]2CCCO2)cc1N. The summed E-state index contributed by atoms with van der Waals surface area (Å²) in [5, 5.41) is 2.81. The van der Waals surface area contributed by atoms with Gasteiger partial charge in [-0.3, -0.25) is 4.79 Å². The van der Waals surface area contributed by atoms with Crippen molar-refractivity contribution in [1.29, 1.82) is 0 Å². The number of amides is 1. The Morgan fingerprint density at radius 2 is 2.38 bits per heavy atom. The van der Waals surface area contributed by atoms with Crippen LogP contribution in [0.15, 0.2) is 18.2 Å². The van der Waals surface area contributed by atoms with E-state index in [0.717, 1.165) is 24.1 Å². The molecule has 16 heavy (non-hydrogen) atoms. The van der Waals surface area contributed by atoms with Crippen LogP contribution >= 0.6 is 0 Å².